The molecule has 0 spiro atoms. The summed E-state index contributed by atoms with van der Waals surface area (Å²) in [5, 5.41) is 12.7. The van der Waals surface area contributed by atoms with Crippen molar-refractivity contribution in [1.29, 1.82) is 0 Å². The molecule has 2 aromatic carbocycles. The van der Waals surface area contributed by atoms with Gasteiger partial charge in [-0.1, -0.05) is 32.0 Å². The molecule has 3 N–H and O–H groups in total. The lowest BCUT2D eigenvalue weighted by molar-refractivity contribution is -0.118. The van der Waals surface area contributed by atoms with Gasteiger partial charge in [0.15, 0.2) is 0 Å². The van der Waals surface area contributed by atoms with Crippen molar-refractivity contribution in [1.82, 2.24) is 20.2 Å². The van der Waals surface area contributed by atoms with Gasteiger partial charge in [-0.25, -0.2) is 0 Å². The quantitative estimate of drug-likeness (QED) is 0.382. The monoisotopic (exact) mass is 395 g/mol. The van der Waals surface area contributed by atoms with E-state index in [0.717, 1.165) is 50.0 Å². The molecule has 0 atom stereocenters. The van der Waals surface area contributed by atoms with Crippen LogP contribution in [0.3, 0.4) is 0 Å². The predicted octanol–water partition coefficient (Wildman–Crippen LogP) is 5.37. The Balaban J connectivity index is 1.55. The smallest absolute Gasteiger partial charge is 0.226 e. The molecule has 0 aliphatic rings. The number of H-pyrrole nitrogens is 2. The van der Waals surface area contributed by atoms with E-state index in [1.54, 1.807) is 6.20 Å². The first-order valence-corrected chi connectivity index (χ1v) is 9.91. The Bertz CT molecular complexity index is 1350. The number of aromatic amines is 2. The third-order valence-corrected chi connectivity index (χ3v) is 5.23. The van der Waals surface area contributed by atoms with Crippen LogP contribution in [0, 0.1) is 5.92 Å². The second-order valence-electron chi connectivity index (χ2n) is 7.70. The Morgan fingerprint density at radius 1 is 1.00 bits per heavy atom. The van der Waals surface area contributed by atoms with Gasteiger partial charge in [-0.2, -0.15) is 5.10 Å². The summed E-state index contributed by atoms with van der Waals surface area (Å²) < 4.78 is 0. The molecule has 0 aliphatic heterocycles. The minimum absolute atomic E-state index is 0.00743. The predicted molar refractivity (Wildman–Crippen MR) is 120 cm³/mol. The highest BCUT2D eigenvalue weighted by molar-refractivity contribution is 5.98. The molecule has 6 nitrogen and oxygen atoms in total. The van der Waals surface area contributed by atoms with E-state index in [0.29, 0.717) is 0 Å². The minimum atomic E-state index is -0.0648. The molecule has 148 valence electrons. The van der Waals surface area contributed by atoms with Crippen LogP contribution < -0.4 is 5.32 Å². The van der Waals surface area contributed by atoms with Crippen molar-refractivity contribution in [3.8, 4) is 22.5 Å². The lowest BCUT2D eigenvalue weighted by Gasteiger charge is -2.09. The number of hydrogen-bond donors (Lipinski definition) is 3. The molecule has 3 heterocycles. The fourth-order valence-electron chi connectivity index (χ4n) is 3.56. The van der Waals surface area contributed by atoms with Crippen LogP contribution in [-0.2, 0) is 4.79 Å². The van der Waals surface area contributed by atoms with Crippen molar-refractivity contribution in [3.63, 3.8) is 0 Å². The number of aromatic nitrogens is 4. The highest BCUT2D eigenvalue weighted by Gasteiger charge is 2.13. The van der Waals surface area contributed by atoms with Gasteiger partial charge in [0.25, 0.3) is 0 Å². The van der Waals surface area contributed by atoms with Gasteiger partial charge >= 0.3 is 0 Å². The first kappa shape index (κ1) is 18.1. The molecule has 1 amide bonds. The Labute approximate surface area is 173 Å². The number of benzene rings is 2. The Morgan fingerprint density at radius 3 is 2.70 bits per heavy atom. The van der Waals surface area contributed by atoms with Crippen molar-refractivity contribution in [2.45, 2.75) is 13.8 Å². The Morgan fingerprint density at radius 2 is 1.87 bits per heavy atom. The summed E-state index contributed by atoms with van der Waals surface area (Å²) in [6.45, 7) is 3.77. The summed E-state index contributed by atoms with van der Waals surface area (Å²) in [5.41, 5.74) is 6.69. The molecule has 0 saturated carbocycles. The van der Waals surface area contributed by atoms with Gasteiger partial charge in [0, 0.05) is 40.3 Å². The molecule has 30 heavy (non-hydrogen) atoms. The molecule has 0 radical (unpaired) electrons. The van der Waals surface area contributed by atoms with E-state index in [2.05, 4.69) is 43.7 Å². The van der Waals surface area contributed by atoms with E-state index in [1.807, 2.05) is 56.4 Å². The zero-order valence-electron chi connectivity index (χ0n) is 16.7. The van der Waals surface area contributed by atoms with Crippen LogP contribution in [0.1, 0.15) is 13.8 Å². The molecule has 6 heteroatoms. The van der Waals surface area contributed by atoms with Crippen molar-refractivity contribution >= 4 is 33.4 Å². The van der Waals surface area contributed by atoms with Gasteiger partial charge in [0.1, 0.15) is 5.69 Å². The molecule has 0 bridgehead atoms. The van der Waals surface area contributed by atoms with Crippen LogP contribution in [0.2, 0.25) is 0 Å². The van der Waals surface area contributed by atoms with Crippen LogP contribution in [-0.4, -0.2) is 26.1 Å². The van der Waals surface area contributed by atoms with E-state index in [1.165, 1.54) is 0 Å². The first-order valence-electron chi connectivity index (χ1n) is 9.91. The number of carbonyl (C=O) groups excluding carboxylic acids is 1. The highest BCUT2D eigenvalue weighted by atomic mass is 16.1. The zero-order chi connectivity index (χ0) is 20.7. The highest BCUT2D eigenvalue weighted by Crippen LogP contribution is 2.32. The third kappa shape index (κ3) is 3.22. The second kappa shape index (κ2) is 7.15. The van der Waals surface area contributed by atoms with Crippen molar-refractivity contribution < 1.29 is 4.79 Å². The van der Waals surface area contributed by atoms with Crippen molar-refractivity contribution in [2.24, 2.45) is 5.92 Å². The summed E-state index contributed by atoms with van der Waals surface area (Å²) in [7, 11) is 0. The summed E-state index contributed by atoms with van der Waals surface area (Å²) >= 11 is 0. The van der Waals surface area contributed by atoms with Crippen molar-refractivity contribution in [3.05, 3.63) is 67.0 Å². The minimum Gasteiger partial charge on any atom is -0.353 e. The van der Waals surface area contributed by atoms with E-state index < -0.39 is 0 Å². The van der Waals surface area contributed by atoms with Crippen LogP contribution >= 0.6 is 0 Å². The number of fused-ring (bicyclic) bond motifs is 2. The average molecular weight is 395 g/mol. The van der Waals surface area contributed by atoms with Gasteiger partial charge in [-0.3, -0.25) is 14.9 Å². The normalized spacial score (nSPS) is 11.4. The molecular weight excluding hydrogens is 374 g/mol. The maximum atomic E-state index is 12.0. The third-order valence-electron chi connectivity index (χ3n) is 5.23. The van der Waals surface area contributed by atoms with Gasteiger partial charge < -0.3 is 10.3 Å². The Kier molecular flexibility index (Phi) is 4.32. The fraction of sp³-hybridized carbons (Fsp3) is 0.125. The van der Waals surface area contributed by atoms with E-state index in [-0.39, 0.29) is 11.8 Å². The lowest BCUT2D eigenvalue weighted by atomic mass is 10.0. The SMILES string of the molecule is CC(C)C(=O)Nc1cccc(-c2ccc3[nH]nc(-c4cc5cnccc5[nH]4)c3c2)c1. The van der Waals surface area contributed by atoms with Crippen LogP contribution in [0.5, 0.6) is 0 Å². The largest absolute Gasteiger partial charge is 0.353 e. The van der Waals surface area contributed by atoms with Crippen molar-refractivity contribution in [2.75, 3.05) is 5.32 Å². The number of carbonyl (C=O) groups is 1. The maximum Gasteiger partial charge on any atom is 0.226 e. The molecular formula is C24H21N5O. The summed E-state index contributed by atoms with van der Waals surface area (Å²) in [4.78, 5) is 19.6. The standard InChI is InChI=1S/C24H21N5O/c1-14(2)24(30)26-18-5-3-4-15(10-18)16-6-7-21-19(11-16)23(29-28-21)22-12-17-13-25-9-8-20(17)27-22/h3-14,27H,1-2H3,(H,26,30)(H,28,29). The van der Waals surface area contributed by atoms with E-state index >= 15 is 0 Å². The first-order chi connectivity index (χ1) is 14.6. The van der Waals surface area contributed by atoms with Gasteiger partial charge in [-0.15, -0.1) is 0 Å². The van der Waals surface area contributed by atoms with Gasteiger partial charge in [-0.05, 0) is 47.5 Å². The van der Waals surface area contributed by atoms with E-state index in [4.69, 9.17) is 0 Å². The second-order valence-corrected chi connectivity index (χ2v) is 7.70. The molecule has 0 aliphatic carbocycles. The number of nitrogens with zero attached hydrogens (tertiary/aromatic N) is 2. The molecule has 5 rings (SSSR count). The van der Waals surface area contributed by atoms with Gasteiger partial charge in [0.2, 0.25) is 5.91 Å². The molecule has 0 fully saturated rings. The summed E-state index contributed by atoms with van der Waals surface area (Å²) in [6.07, 6.45) is 3.61. The maximum absolute atomic E-state index is 12.0. The van der Waals surface area contributed by atoms with Crippen LogP contribution in [0.4, 0.5) is 5.69 Å². The number of hydrogen-bond acceptors (Lipinski definition) is 3. The summed E-state index contributed by atoms with van der Waals surface area (Å²) in [6, 6.07) is 18.1. The van der Waals surface area contributed by atoms with E-state index in [9.17, 15) is 4.79 Å². The molecule has 0 unspecified atom stereocenters. The fourth-order valence-corrected chi connectivity index (χ4v) is 3.56. The van der Waals surface area contributed by atoms with Crippen LogP contribution in [0.25, 0.3) is 44.3 Å². The van der Waals surface area contributed by atoms with Crippen LogP contribution in [0.15, 0.2) is 67.0 Å². The Hall–Kier alpha value is -3.93. The topological polar surface area (TPSA) is 86.5 Å². The zero-order valence-corrected chi connectivity index (χ0v) is 16.7. The number of pyridine rings is 1. The lowest BCUT2D eigenvalue weighted by Crippen LogP contribution is -2.17. The molecule has 3 aromatic heterocycles. The summed E-state index contributed by atoms with van der Waals surface area (Å²) in [5.74, 6) is -0.0574. The average Bonchev–Trinajstić information content (AvgIpc) is 3.37. The number of nitrogens with one attached hydrogen (secondary N) is 3. The molecule has 5 aromatic rings. The number of amides is 1. The molecule has 0 saturated heterocycles. The van der Waals surface area contributed by atoms with Gasteiger partial charge in [0.05, 0.1) is 11.2 Å². The number of rotatable bonds is 4. The number of anilines is 1.